The molecule has 24 heavy (non-hydrogen) atoms. The van der Waals surface area contributed by atoms with E-state index in [4.69, 9.17) is 0 Å². The Bertz CT molecular complexity index is 817. The molecule has 0 saturated heterocycles. The fourth-order valence-corrected chi connectivity index (χ4v) is 4.65. The van der Waals surface area contributed by atoms with E-state index in [1.54, 1.807) is 12.3 Å². The van der Waals surface area contributed by atoms with Gasteiger partial charge in [0.25, 0.3) is 0 Å². The molecule has 1 heterocycles. The third-order valence-corrected chi connectivity index (χ3v) is 6.07. The lowest BCUT2D eigenvalue weighted by molar-refractivity contribution is -0.110. The lowest BCUT2D eigenvalue weighted by Crippen LogP contribution is -2.45. The number of hydrogen-bond acceptors (Lipinski definition) is 6. The van der Waals surface area contributed by atoms with Gasteiger partial charge < -0.3 is 5.32 Å². The van der Waals surface area contributed by atoms with Crippen molar-refractivity contribution in [3.8, 4) is 0 Å². The van der Waals surface area contributed by atoms with E-state index in [0.29, 0.717) is 22.5 Å². The summed E-state index contributed by atoms with van der Waals surface area (Å²) in [6.07, 6.45) is 3.30. The Morgan fingerprint density at radius 1 is 1.25 bits per heavy atom. The molecule has 2 rings (SSSR count). The van der Waals surface area contributed by atoms with Crippen LogP contribution >= 0.6 is 23.1 Å². The molecular formula is C15H16N2O4S3. The van der Waals surface area contributed by atoms with Gasteiger partial charge in [-0.15, -0.1) is 23.1 Å². The Morgan fingerprint density at radius 3 is 2.38 bits per heavy atom. The molecule has 9 heteroatoms. The fourth-order valence-electron chi connectivity index (χ4n) is 2.17. The Kier molecular flexibility index (Phi) is 5.68. The van der Waals surface area contributed by atoms with Crippen molar-refractivity contribution < 1.29 is 18.0 Å². The molecular weight excluding hydrogens is 368 g/mol. The van der Waals surface area contributed by atoms with Gasteiger partial charge in [0.1, 0.15) is 0 Å². The highest BCUT2D eigenvalue weighted by Gasteiger charge is 2.40. The highest BCUT2D eigenvalue weighted by molar-refractivity contribution is 8.00. The average molecular weight is 385 g/mol. The highest BCUT2D eigenvalue weighted by atomic mass is 32.2. The molecule has 0 bridgehead atoms. The maximum Gasteiger partial charge on any atom is 0.229 e. The van der Waals surface area contributed by atoms with Gasteiger partial charge in [-0.1, -0.05) is 6.07 Å². The number of carbonyl (C=O) groups excluding carboxylic acids is 2. The zero-order valence-electron chi connectivity index (χ0n) is 13.0. The Labute approximate surface area is 148 Å². The zero-order valence-corrected chi connectivity index (χ0v) is 15.4. The van der Waals surface area contributed by atoms with Crippen LogP contribution in [0.15, 0.2) is 41.8 Å². The number of rotatable bonds is 8. The summed E-state index contributed by atoms with van der Waals surface area (Å²) in [5, 5.41) is 4.46. The molecule has 1 aromatic carbocycles. The van der Waals surface area contributed by atoms with Gasteiger partial charge in [-0.2, -0.15) is 0 Å². The first-order valence-electron chi connectivity index (χ1n) is 6.75. The standard InChI is InChI=1S/C15H16N2O4S3/c1-22-15(16-10-18,13-4-3-9-23-13)14(19)11-5-7-12(8-6-11)17-24(2,20)21/h3-10,17H,1-2H3,(H,16,18). The van der Waals surface area contributed by atoms with Gasteiger partial charge in [0.2, 0.25) is 22.2 Å². The summed E-state index contributed by atoms with van der Waals surface area (Å²) in [4.78, 5) is 23.6. The first kappa shape index (κ1) is 18.5. The van der Waals surface area contributed by atoms with Gasteiger partial charge in [0, 0.05) is 16.1 Å². The van der Waals surface area contributed by atoms with E-state index < -0.39 is 14.9 Å². The van der Waals surface area contributed by atoms with Crippen molar-refractivity contribution in [1.29, 1.82) is 0 Å². The molecule has 2 N–H and O–H groups in total. The van der Waals surface area contributed by atoms with Crippen molar-refractivity contribution in [2.75, 3.05) is 17.2 Å². The highest BCUT2D eigenvalue weighted by Crippen LogP contribution is 2.38. The largest absolute Gasteiger partial charge is 0.333 e. The summed E-state index contributed by atoms with van der Waals surface area (Å²) in [5.41, 5.74) is 0.731. The molecule has 0 saturated carbocycles. The molecule has 0 aliphatic rings. The van der Waals surface area contributed by atoms with E-state index in [1.165, 1.54) is 47.4 Å². The molecule has 0 aliphatic heterocycles. The second kappa shape index (κ2) is 7.37. The van der Waals surface area contributed by atoms with Crippen LogP contribution in [0.2, 0.25) is 0 Å². The number of anilines is 1. The maximum absolute atomic E-state index is 13.0. The van der Waals surface area contributed by atoms with Crippen LogP contribution in [0.4, 0.5) is 5.69 Å². The van der Waals surface area contributed by atoms with Gasteiger partial charge >= 0.3 is 0 Å². The molecule has 0 aliphatic carbocycles. The van der Waals surface area contributed by atoms with Gasteiger partial charge in [-0.3, -0.25) is 14.3 Å². The van der Waals surface area contributed by atoms with E-state index in [-0.39, 0.29) is 5.78 Å². The number of carbonyl (C=O) groups is 2. The van der Waals surface area contributed by atoms with Crippen LogP contribution in [0, 0.1) is 0 Å². The molecule has 1 atom stereocenters. The molecule has 1 amide bonds. The number of amides is 1. The van der Waals surface area contributed by atoms with Crippen molar-refractivity contribution in [2.45, 2.75) is 4.87 Å². The first-order chi connectivity index (χ1) is 11.3. The smallest absolute Gasteiger partial charge is 0.229 e. The predicted octanol–water partition coefficient (Wildman–Crippen LogP) is 2.26. The summed E-state index contributed by atoms with van der Waals surface area (Å²) in [7, 11) is -3.38. The minimum absolute atomic E-state index is 0.282. The third kappa shape index (κ3) is 3.97. The van der Waals surface area contributed by atoms with Crippen molar-refractivity contribution in [1.82, 2.24) is 5.32 Å². The summed E-state index contributed by atoms with van der Waals surface area (Å²) in [6, 6.07) is 9.67. The van der Waals surface area contributed by atoms with Gasteiger partial charge in [0.15, 0.2) is 4.87 Å². The minimum Gasteiger partial charge on any atom is -0.333 e. The van der Waals surface area contributed by atoms with Crippen molar-refractivity contribution in [2.24, 2.45) is 0 Å². The van der Waals surface area contributed by atoms with Crippen LogP contribution in [0.1, 0.15) is 15.2 Å². The number of thiophene rings is 1. The first-order valence-corrected chi connectivity index (χ1v) is 10.7. The SMILES string of the molecule is CSC(NC=O)(C(=O)c1ccc(NS(C)(=O)=O)cc1)c1cccs1. The molecule has 2 aromatic rings. The average Bonchev–Trinajstić information content (AvgIpc) is 3.06. The zero-order chi connectivity index (χ0) is 17.8. The molecule has 0 radical (unpaired) electrons. The van der Waals surface area contributed by atoms with Crippen molar-refractivity contribution >= 4 is 51.0 Å². The number of thioether (sulfide) groups is 1. The lowest BCUT2D eigenvalue weighted by Gasteiger charge is -2.29. The minimum atomic E-state index is -3.38. The van der Waals surface area contributed by atoms with Crippen molar-refractivity contribution in [3.63, 3.8) is 0 Å². The fraction of sp³-hybridized carbons (Fsp3) is 0.200. The summed E-state index contributed by atoms with van der Waals surface area (Å²) in [5.74, 6) is -0.282. The van der Waals surface area contributed by atoms with Crippen LogP contribution in [0.3, 0.4) is 0 Å². The summed E-state index contributed by atoms with van der Waals surface area (Å²) in [6.45, 7) is 0. The van der Waals surface area contributed by atoms with E-state index in [1.807, 2.05) is 11.4 Å². The molecule has 6 nitrogen and oxygen atoms in total. The molecule has 0 spiro atoms. The Balaban J connectivity index is 2.38. The van der Waals surface area contributed by atoms with Crippen LogP contribution in [0.5, 0.6) is 0 Å². The Morgan fingerprint density at radius 2 is 1.92 bits per heavy atom. The lowest BCUT2D eigenvalue weighted by atomic mass is 10.0. The number of ketones is 1. The Hall–Kier alpha value is -1.84. The molecule has 1 unspecified atom stereocenters. The number of nitrogens with one attached hydrogen (secondary N) is 2. The van der Waals surface area contributed by atoms with Crippen LogP contribution < -0.4 is 10.0 Å². The molecule has 1 aromatic heterocycles. The quantitative estimate of drug-likeness (QED) is 0.414. The number of Topliss-reactive ketones (excluding diaryl/α,β-unsaturated/α-hetero) is 1. The second-order valence-corrected chi connectivity index (χ2v) is 8.62. The third-order valence-electron chi connectivity index (χ3n) is 3.21. The topological polar surface area (TPSA) is 92.3 Å². The normalized spacial score (nSPS) is 13.8. The summed E-state index contributed by atoms with van der Waals surface area (Å²) < 4.78 is 24.8. The maximum atomic E-state index is 13.0. The van der Waals surface area contributed by atoms with Crippen LogP contribution in [0.25, 0.3) is 0 Å². The van der Waals surface area contributed by atoms with Crippen molar-refractivity contribution in [3.05, 3.63) is 52.2 Å². The van der Waals surface area contributed by atoms with E-state index in [0.717, 1.165) is 6.26 Å². The second-order valence-electron chi connectivity index (χ2n) is 4.91. The van der Waals surface area contributed by atoms with Gasteiger partial charge in [0.05, 0.1) is 6.26 Å². The van der Waals surface area contributed by atoms with Crippen LogP contribution in [-0.4, -0.2) is 33.1 Å². The number of sulfonamides is 1. The summed E-state index contributed by atoms with van der Waals surface area (Å²) >= 11 is 2.60. The van der Waals surface area contributed by atoms with Gasteiger partial charge in [-0.05, 0) is 42.0 Å². The van der Waals surface area contributed by atoms with E-state index >= 15 is 0 Å². The van der Waals surface area contributed by atoms with E-state index in [2.05, 4.69) is 10.0 Å². The predicted molar refractivity (Wildman–Crippen MR) is 98.0 cm³/mol. The van der Waals surface area contributed by atoms with E-state index in [9.17, 15) is 18.0 Å². The molecule has 128 valence electrons. The number of hydrogen-bond donors (Lipinski definition) is 2. The number of benzene rings is 1. The monoisotopic (exact) mass is 384 g/mol. The van der Waals surface area contributed by atoms with Crippen LogP contribution in [-0.2, 0) is 19.7 Å². The van der Waals surface area contributed by atoms with Gasteiger partial charge in [-0.25, -0.2) is 8.42 Å². The molecule has 0 fully saturated rings.